The third kappa shape index (κ3) is 1.11. The van der Waals surface area contributed by atoms with Crippen molar-refractivity contribution in [1.29, 1.82) is 0 Å². The fraction of sp³-hybridized carbons (Fsp3) is 0.429. The van der Waals surface area contributed by atoms with Crippen LogP contribution in [0.3, 0.4) is 0 Å². The van der Waals surface area contributed by atoms with E-state index in [0.29, 0.717) is 5.92 Å². The third-order valence-corrected chi connectivity index (χ3v) is 1.70. The molecule has 1 aromatic rings. The highest BCUT2D eigenvalue weighted by molar-refractivity contribution is 5.82. The SMILES string of the molecule is O=C(O)c1nc(C2CC2)co1. The van der Waals surface area contributed by atoms with Gasteiger partial charge in [0.1, 0.15) is 6.26 Å². The number of rotatable bonds is 2. The van der Waals surface area contributed by atoms with Crippen LogP contribution >= 0.6 is 0 Å². The summed E-state index contributed by atoms with van der Waals surface area (Å²) in [4.78, 5) is 14.1. The lowest BCUT2D eigenvalue weighted by molar-refractivity contribution is 0.0653. The van der Waals surface area contributed by atoms with Crippen molar-refractivity contribution in [1.82, 2.24) is 4.98 Å². The molecule has 1 fully saturated rings. The third-order valence-electron chi connectivity index (χ3n) is 1.70. The normalized spacial score (nSPS) is 16.7. The van der Waals surface area contributed by atoms with Crippen molar-refractivity contribution in [3.05, 3.63) is 17.8 Å². The summed E-state index contributed by atoms with van der Waals surface area (Å²) in [5, 5.41) is 8.44. The zero-order valence-corrected chi connectivity index (χ0v) is 5.78. The standard InChI is InChI=1S/C7H7NO3/c9-7(10)6-8-5(3-11-6)4-1-2-4/h3-4H,1-2H2,(H,9,10). The van der Waals surface area contributed by atoms with Crippen LogP contribution in [0.1, 0.15) is 35.1 Å². The van der Waals surface area contributed by atoms with Crippen molar-refractivity contribution in [2.24, 2.45) is 0 Å². The van der Waals surface area contributed by atoms with E-state index < -0.39 is 5.97 Å². The van der Waals surface area contributed by atoms with Gasteiger partial charge in [-0.2, -0.15) is 0 Å². The highest BCUT2D eigenvalue weighted by Gasteiger charge is 2.27. The molecular formula is C7H7NO3. The predicted molar refractivity (Wildman–Crippen MR) is 35.4 cm³/mol. The van der Waals surface area contributed by atoms with Crippen molar-refractivity contribution in [2.45, 2.75) is 18.8 Å². The molecule has 11 heavy (non-hydrogen) atoms. The summed E-state index contributed by atoms with van der Waals surface area (Å²) in [6.45, 7) is 0. The first-order valence-corrected chi connectivity index (χ1v) is 3.46. The summed E-state index contributed by atoms with van der Waals surface area (Å²) < 4.78 is 4.72. The van der Waals surface area contributed by atoms with Crippen LogP contribution in [-0.4, -0.2) is 16.1 Å². The molecule has 1 saturated carbocycles. The highest BCUT2D eigenvalue weighted by Crippen LogP contribution is 2.39. The van der Waals surface area contributed by atoms with Gasteiger partial charge in [-0.15, -0.1) is 0 Å². The predicted octanol–water partition coefficient (Wildman–Crippen LogP) is 1.25. The number of carboxylic acid groups (broad SMARTS) is 1. The molecule has 0 saturated heterocycles. The van der Waals surface area contributed by atoms with Gasteiger partial charge in [0.2, 0.25) is 0 Å². The molecule has 0 amide bonds. The molecule has 0 atom stereocenters. The van der Waals surface area contributed by atoms with Crippen LogP contribution in [-0.2, 0) is 0 Å². The van der Waals surface area contributed by atoms with Gasteiger partial charge in [-0.3, -0.25) is 0 Å². The maximum absolute atomic E-state index is 10.3. The Bertz CT molecular complexity index is 288. The van der Waals surface area contributed by atoms with E-state index in [0.717, 1.165) is 18.5 Å². The average molecular weight is 153 g/mol. The van der Waals surface area contributed by atoms with Gasteiger partial charge >= 0.3 is 11.9 Å². The molecule has 0 unspecified atom stereocenters. The van der Waals surface area contributed by atoms with Crippen LogP contribution in [0.5, 0.6) is 0 Å². The number of hydrogen-bond acceptors (Lipinski definition) is 3. The van der Waals surface area contributed by atoms with Crippen LogP contribution in [0.25, 0.3) is 0 Å². The second-order valence-corrected chi connectivity index (χ2v) is 2.66. The molecule has 1 aliphatic carbocycles. The Morgan fingerprint density at radius 2 is 2.45 bits per heavy atom. The van der Waals surface area contributed by atoms with E-state index in [9.17, 15) is 4.79 Å². The number of nitrogens with zero attached hydrogens (tertiary/aromatic N) is 1. The van der Waals surface area contributed by atoms with E-state index in [4.69, 9.17) is 9.52 Å². The number of carboxylic acids is 1. The first-order chi connectivity index (χ1) is 5.27. The zero-order chi connectivity index (χ0) is 7.84. The molecule has 58 valence electrons. The molecule has 4 nitrogen and oxygen atoms in total. The molecule has 2 rings (SSSR count). The number of oxazole rings is 1. The molecule has 0 spiro atoms. The van der Waals surface area contributed by atoms with Gasteiger partial charge in [0, 0.05) is 5.92 Å². The zero-order valence-electron chi connectivity index (χ0n) is 5.78. The summed E-state index contributed by atoms with van der Waals surface area (Å²) >= 11 is 0. The summed E-state index contributed by atoms with van der Waals surface area (Å²) in [7, 11) is 0. The van der Waals surface area contributed by atoms with Gasteiger partial charge in [0.05, 0.1) is 5.69 Å². The Morgan fingerprint density at radius 3 is 2.91 bits per heavy atom. The summed E-state index contributed by atoms with van der Waals surface area (Å²) in [5.74, 6) is -0.851. The maximum atomic E-state index is 10.3. The fourth-order valence-corrected chi connectivity index (χ4v) is 0.951. The molecule has 4 heteroatoms. The van der Waals surface area contributed by atoms with Crippen LogP contribution in [0, 0.1) is 0 Å². The lowest BCUT2D eigenvalue weighted by Crippen LogP contribution is -1.95. The molecule has 1 aliphatic rings. The summed E-state index contributed by atoms with van der Waals surface area (Å²) in [6, 6.07) is 0. The molecule has 0 bridgehead atoms. The minimum Gasteiger partial charge on any atom is -0.474 e. The van der Waals surface area contributed by atoms with E-state index in [1.807, 2.05) is 0 Å². The van der Waals surface area contributed by atoms with Crippen molar-refractivity contribution in [3.63, 3.8) is 0 Å². The molecule has 1 aromatic heterocycles. The first kappa shape index (κ1) is 6.39. The molecule has 1 heterocycles. The van der Waals surface area contributed by atoms with Gasteiger partial charge in [-0.25, -0.2) is 9.78 Å². The van der Waals surface area contributed by atoms with Crippen molar-refractivity contribution < 1.29 is 14.3 Å². The lowest BCUT2D eigenvalue weighted by Gasteiger charge is -1.81. The maximum Gasteiger partial charge on any atom is 0.392 e. The second-order valence-electron chi connectivity index (χ2n) is 2.66. The summed E-state index contributed by atoms with van der Waals surface area (Å²) in [6.07, 6.45) is 3.64. The van der Waals surface area contributed by atoms with Gasteiger partial charge in [0.25, 0.3) is 0 Å². The van der Waals surface area contributed by atoms with E-state index >= 15 is 0 Å². The van der Waals surface area contributed by atoms with Gasteiger partial charge in [-0.1, -0.05) is 0 Å². The van der Waals surface area contributed by atoms with E-state index in [1.165, 1.54) is 6.26 Å². The number of hydrogen-bond donors (Lipinski definition) is 1. The second kappa shape index (κ2) is 2.08. The number of aromatic carboxylic acids is 1. The quantitative estimate of drug-likeness (QED) is 0.694. The Hall–Kier alpha value is -1.32. The van der Waals surface area contributed by atoms with Gasteiger partial charge in [0.15, 0.2) is 0 Å². The van der Waals surface area contributed by atoms with Crippen LogP contribution in [0.2, 0.25) is 0 Å². The minimum absolute atomic E-state index is 0.202. The molecule has 0 aromatic carbocycles. The Morgan fingerprint density at radius 1 is 1.73 bits per heavy atom. The van der Waals surface area contributed by atoms with Gasteiger partial charge < -0.3 is 9.52 Å². The van der Waals surface area contributed by atoms with Crippen molar-refractivity contribution in [3.8, 4) is 0 Å². The van der Waals surface area contributed by atoms with Crippen LogP contribution < -0.4 is 0 Å². The molecule has 0 aliphatic heterocycles. The van der Waals surface area contributed by atoms with Gasteiger partial charge in [-0.05, 0) is 12.8 Å². The lowest BCUT2D eigenvalue weighted by atomic mass is 10.3. The van der Waals surface area contributed by atoms with Crippen molar-refractivity contribution in [2.75, 3.05) is 0 Å². The Balaban J connectivity index is 2.25. The number of aromatic nitrogens is 1. The molecular weight excluding hydrogens is 146 g/mol. The topological polar surface area (TPSA) is 63.3 Å². The summed E-state index contributed by atoms with van der Waals surface area (Å²) in [5.41, 5.74) is 0.780. The van der Waals surface area contributed by atoms with E-state index in [1.54, 1.807) is 0 Å². The molecule has 1 N–H and O–H groups in total. The van der Waals surface area contributed by atoms with Crippen LogP contribution in [0.15, 0.2) is 10.7 Å². The number of carbonyl (C=O) groups is 1. The van der Waals surface area contributed by atoms with Crippen LogP contribution in [0.4, 0.5) is 0 Å². The largest absolute Gasteiger partial charge is 0.474 e. The minimum atomic E-state index is -1.10. The highest BCUT2D eigenvalue weighted by atomic mass is 16.4. The Kier molecular flexibility index (Phi) is 1.21. The molecule has 0 radical (unpaired) electrons. The van der Waals surface area contributed by atoms with E-state index in [2.05, 4.69) is 4.98 Å². The van der Waals surface area contributed by atoms with Crippen molar-refractivity contribution >= 4 is 5.97 Å². The fourth-order valence-electron chi connectivity index (χ4n) is 0.951. The monoisotopic (exact) mass is 153 g/mol. The smallest absolute Gasteiger partial charge is 0.392 e. The average Bonchev–Trinajstić information content (AvgIpc) is 2.68. The van der Waals surface area contributed by atoms with E-state index in [-0.39, 0.29) is 5.89 Å². The Labute approximate surface area is 62.9 Å². The first-order valence-electron chi connectivity index (χ1n) is 3.46.